The summed E-state index contributed by atoms with van der Waals surface area (Å²) < 4.78 is 16.8. The number of esters is 3. The molecule has 0 spiro atoms. The maximum atomic E-state index is 12.8. The second kappa shape index (κ2) is 52.0. The molecule has 6 nitrogen and oxygen atoms in total. The second-order valence-electron chi connectivity index (χ2n) is 18.2. The van der Waals surface area contributed by atoms with Crippen molar-refractivity contribution in [1.29, 1.82) is 0 Å². The van der Waals surface area contributed by atoms with Crippen LogP contribution in [0.2, 0.25) is 0 Å². The summed E-state index contributed by atoms with van der Waals surface area (Å²) >= 11 is 0. The standard InChI is InChI=1S/C57H102O6/c1-4-7-10-13-16-19-22-24-26-28-30-31-33-35-38-41-44-47-50-56(59)62-53-54(52-61-55(58)49-46-43-40-37-21-18-15-12-9-6-3)63-57(60)51-48-45-42-39-36-34-32-29-27-25-23-20-17-14-11-8-5-2/h22,24-28,30-31,54H,4-21,23,29,32-53H2,1-3H3/b24-22-,27-25-,28-26-,31-30-. The molecule has 63 heavy (non-hydrogen) atoms. The van der Waals surface area contributed by atoms with E-state index in [1.165, 1.54) is 161 Å². The molecule has 0 amide bonds. The zero-order valence-electron chi connectivity index (χ0n) is 41.8. The van der Waals surface area contributed by atoms with Crippen molar-refractivity contribution >= 4 is 17.9 Å². The largest absolute Gasteiger partial charge is 0.462 e. The molecule has 0 aromatic heterocycles. The van der Waals surface area contributed by atoms with Crippen molar-refractivity contribution in [3.05, 3.63) is 48.6 Å². The lowest BCUT2D eigenvalue weighted by Gasteiger charge is -2.18. The minimum absolute atomic E-state index is 0.0794. The Hall–Kier alpha value is -2.63. The van der Waals surface area contributed by atoms with Gasteiger partial charge in [-0.25, -0.2) is 0 Å². The van der Waals surface area contributed by atoms with Gasteiger partial charge in [0, 0.05) is 19.3 Å². The predicted octanol–water partition coefficient (Wildman–Crippen LogP) is 17.9. The number of carbonyl (C=O) groups excluding carboxylic acids is 3. The van der Waals surface area contributed by atoms with Crippen LogP contribution in [0.5, 0.6) is 0 Å². The summed E-state index contributed by atoms with van der Waals surface area (Å²) in [6.45, 7) is 6.60. The van der Waals surface area contributed by atoms with Crippen molar-refractivity contribution in [3.8, 4) is 0 Å². The van der Waals surface area contributed by atoms with Crippen molar-refractivity contribution in [1.82, 2.24) is 0 Å². The van der Waals surface area contributed by atoms with Gasteiger partial charge < -0.3 is 14.2 Å². The van der Waals surface area contributed by atoms with E-state index in [0.29, 0.717) is 19.3 Å². The molecule has 0 heterocycles. The van der Waals surface area contributed by atoms with E-state index in [2.05, 4.69) is 69.4 Å². The van der Waals surface area contributed by atoms with Crippen molar-refractivity contribution in [2.24, 2.45) is 0 Å². The molecule has 0 aromatic carbocycles. The molecule has 1 atom stereocenters. The predicted molar refractivity (Wildman–Crippen MR) is 270 cm³/mol. The van der Waals surface area contributed by atoms with E-state index >= 15 is 0 Å². The fourth-order valence-electron chi connectivity index (χ4n) is 7.73. The number of unbranched alkanes of at least 4 members (excludes halogenated alkanes) is 32. The van der Waals surface area contributed by atoms with E-state index in [9.17, 15) is 14.4 Å². The van der Waals surface area contributed by atoms with Crippen LogP contribution in [0.25, 0.3) is 0 Å². The molecule has 0 aromatic rings. The second-order valence-corrected chi connectivity index (χ2v) is 18.2. The summed E-state index contributed by atoms with van der Waals surface area (Å²) in [6, 6.07) is 0. The Morgan fingerprint density at radius 2 is 0.587 bits per heavy atom. The number of rotatable bonds is 49. The molecule has 0 saturated carbocycles. The highest BCUT2D eigenvalue weighted by Gasteiger charge is 2.19. The molecule has 0 aliphatic heterocycles. The molecule has 1 unspecified atom stereocenters. The third kappa shape index (κ3) is 50.2. The molecule has 0 aliphatic carbocycles. The Morgan fingerprint density at radius 1 is 0.317 bits per heavy atom. The molecular weight excluding hydrogens is 781 g/mol. The molecule has 0 radical (unpaired) electrons. The fourth-order valence-corrected chi connectivity index (χ4v) is 7.73. The molecule has 6 heteroatoms. The van der Waals surface area contributed by atoms with Crippen LogP contribution in [-0.4, -0.2) is 37.2 Å². The molecule has 0 N–H and O–H groups in total. The zero-order valence-corrected chi connectivity index (χ0v) is 41.8. The first-order chi connectivity index (χ1) is 31.0. The lowest BCUT2D eigenvalue weighted by Crippen LogP contribution is -2.30. The molecule has 0 aliphatic rings. The summed E-state index contributed by atoms with van der Waals surface area (Å²) in [4.78, 5) is 38.0. The SMILES string of the molecule is CCCCCCC\C=C/C=C\C=C/CCCCCCCC(=O)OCC(COC(=O)CCCCCCCCCCCC)OC(=O)CCCCCCCCC/C=C\CCCCCCCC. The van der Waals surface area contributed by atoms with Gasteiger partial charge in [0.25, 0.3) is 0 Å². The van der Waals surface area contributed by atoms with Crippen molar-refractivity contribution in [2.45, 2.75) is 284 Å². The van der Waals surface area contributed by atoms with E-state index in [1.54, 1.807) is 0 Å². The monoisotopic (exact) mass is 883 g/mol. The molecule has 0 bridgehead atoms. The maximum Gasteiger partial charge on any atom is 0.306 e. The first kappa shape index (κ1) is 60.4. The molecule has 0 rings (SSSR count). The highest BCUT2D eigenvalue weighted by molar-refractivity contribution is 5.71. The lowest BCUT2D eigenvalue weighted by atomic mass is 10.1. The topological polar surface area (TPSA) is 78.9 Å². The van der Waals surface area contributed by atoms with E-state index in [1.807, 2.05) is 0 Å². The van der Waals surface area contributed by atoms with E-state index in [0.717, 1.165) is 77.0 Å². The quantitative estimate of drug-likeness (QED) is 0.0199. The molecule has 0 saturated heterocycles. The van der Waals surface area contributed by atoms with Gasteiger partial charge in [-0.2, -0.15) is 0 Å². The Balaban J connectivity index is 4.37. The summed E-state index contributed by atoms with van der Waals surface area (Å²) in [5.41, 5.74) is 0. The van der Waals surface area contributed by atoms with Crippen LogP contribution >= 0.6 is 0 Å². The maximum absolute atomic E-state index is 12.8. The van der Waals surface area contributed by atoms with Gasteiger partial charge in [-0.3, -0.25) is 14.4 Å². The van der Waals surface area contributed by atoms with Gasteiger partial charge >= 0.3 is 17.9 Å². The highest BCUT2D eigenvalue weighted by atomic mass is 16.6. The summed E-state index contributed by atoms with van der Waals surface area (Å²) in [5, 5.41) is 0. The average Bonchev–Trinajstić information content (AvgIpc) is 3.28. The Kier molecular flexibility index (Phi) is 49.8. The van der Waals surface area contributed by atoms with Crippen LogP contribution in [0.15, 0.2) is 48.6 Å². The number of hydrogen-bond donors (Lipinski definition) is 0. The average molecular weight is 883 g/mol. The highest BCUT2D eigenvalue weighted by Crippen LogP contribution is 2.15. The number of allylic oxidation sites excluding steroid dienone is 8. The normalized spacial score (nSPS) is 12.4. The first-order valence-electron chi connectivity index (χ1n) is 27.2. The van der Waals surface area contributed by atoms with Gasteiger partial charge in [0.2, 0.25) is 0 Å². The Morgan fingerprint density at radius 3 is 0.921 bits per heavy atom. The number of ether oxygens (including phenoxy) is 3. The summed E-state index contributed by atoms with van der Waals surface area (Å²) in [7, 11) is 0. The first-order valence-corrected chi connectivity index (χ1v) is 27.2. The third-order valence-corrected chi connectivity index (χ3v) is 11.9. The van der Waals surface area contributed by atoms with Crippen LogP contribution in [0, 0.1) is 0 Å². The van der Waals surface area contributed by atoms with Gasteiger partial charge in [0.15, 0.2) is 6.10 Å². The minimum Gasteiger partial charge on any atom is -0.462 e. The van der Waals surface area contributed by atoms with Crippen LogP contribution < -0.4 is 0 Å². The summed E-state index contributed by atoms with van der Waals surface area (Å²) in [6.07, 6.45) is 62.4. The van der Waals surface area contributed by atoms with E-state index in [-0.39, 0.29) is 31.1 Å². The lowest BCUT2D eigenvalue weighted by molar-refractivity contribution is -0.167. The van der Waals surface area contributed by atoms with Gasteiger partial charge in [-0.05, 0) is 70.6 Å². The van der Waals surface area contributed by atoms with E-state index in [4.69, 9.17) is 14.2 Å². The van der Waals surface area contributed by atoms with Crippen LogP contribution in [-0.2, 0) is 28.6 Å². The van der Waals surface area contributed by atoms with Crippen molar-refractivity contribution in [3.63, 3.8) is 0 Å². The van der Waals surface area contributed by atoms with Gasteiger partial charge in [0.1, 0.15) is 13.2 Å². The van der Waals surface area contributed by atoms with E-state index < -0.39 is 6.10 Å². The number of carbonyl (C=O) groups is 3. The van der Waals surface area contributed by atoms with Crippen LogP contribution in [0.4, 0.5) is 0 Å². The van der Waals surface area contributed by atoms with Crippen molar-refractivity contribution in [2.75, 3.05) is 13.2 Å². The smallest absolute Gasteiger partial charge is 0.306 e. The van der Waals surface area contributed by atoms with Crippen LogP contribution in [0.1, 0.15) is 278 Å². The third-order valence-electron chi connectivity index (χ3n) is 11.9. The van der Waals surface area contributed by atoms with Crippen LogP contribution in [0.3, 0.4) is 0 Å². The minimum atomic E-state index is -0.780. The summed E-state index contributed by atoms with van der Waals surface area (Å²) in [5.74, 6) is -0.896. The van der Waals surface area contributed by atoms with Crippen molar-refractivity contribution < 1.29 is 28.6 Å². The zero-order chi connectivity index (χ0) is 45.8. The Labute approximate surface area is 390 Å². The fraction of sp³-hybridized carbons (Fsp3) is 0.807. The molecular formula is C57H102O6. The van der Waals surface area contributed by atoms with Gasteiger partial charge in [0.05, 0.1) is 0 Å². The Bertz CT molecular complexity index is 1110. The van der Waals surface area contributed by atoms with Gasteiger partial charge in [-0.1, -0.05) is 236 Å². The number of hydrogen-bond acceptors (Lipinski definition) is 6. The molecule has 0 fully saturated rings. The van der Waals surface area contributed by atoms with Gasteiger partial charge in [-0.15, -0.1) is 0 Å². The molecule has 366 valence electrons.